The smallest absolute Gasteiger partial charge is 0.408 e. The summed E-state index contributed by atoms with van der Waals surface area (Å²) in [6.45, 7) is 1.37. The maximum absolute atomic E-state index is 12.6. The van der Waals surface area contributed by atoms with E-state index in [9.17, 15) is 19.5 Å². The van der Waals surface area contributed by atoms with E-state index in [2.05, 4.69) is 10.6 Å². The van der Waals surface area contributed by atoms with Gasteiger partial charge in [-0.1, -0.05) is 60.7 Å². The van der Waals surface area contributed by atoms with Crippen LogP contribution in [0.4, 0.5) is 4.79 Å². The summed E-state index contributed by atoms with van der Waals surface area (Å²) in [5.41, 5.74) is 7.18. The van der Waals surface area contributed by atoms with Gasteiger partial charge in [0.2, 0.25) is 11.8 Å². The van der Waals surface area contributed by atoms with E-state index < -0.39 is 36.1 Å². The van der Waals surface area contributed by atoms with Gasteiger partial charge >= 0.3 is 6.09 Å². The molecule has 0 bridgehead atoms. The molecule has 5 N–H and O–H groups in total. The number of alkyl carbamates (subject to hydrolysis) is 1. The fourth-order valence-corrected chi connectivity index (χ4v) is 2.80. The summed E-state index contributed by atoms with van der Waals surface area (Å²) in [6.07, 6.45) is -1.26. The highest BCUT2D eigenvalue weighted by Crippen LogP contribution is 2.06. The molecular formula is C22H27N3O5. The van der Waals surface area contributed by atoms with Crippen LogP contribution < -0.4 is 16.4 Å². The van der Waals surface area contributed by atoms with Crippen molar-refractivity contribution in [3.8, 4) is 0 Å². The van der Waals surface area contributed by atoms with Gasteiger partial charge in [-0.25, -0.2) is 4.79 Å². The van der Waals surface area contributed by atoms with Crippen molar-refractivity contribution in [3.05, 3.63) is 71.8 Å². The van der Waals surface area contributed by atoms with Crippen molar-refractivity contribution in [2.75, 3.05) is 0 Å². The Morgan fingerprint density at radius 2 is 1.53 bits per heavy atom. The Balaban J connectivity index is 1.91. The predicted octanol–water partition coefficient (Wildman–Crippen LogP) is 1.27. The van der Waals surface area contributed by atoms with Crippen molar-refractivity contribution in [1.29, 1.82) is 0 Å². The Morgan fingerprint density at radius 1 is 0.967 bits per heavy atom. The van der Waals surface area contributed by atoms with Gasteiger partial charge in [0.25, 0.3) is 0 Å². The zero-order valence-corrected chi connectivity index (χ0v) is 16.8. The summed E-state index contributed by atoms with van der Waals surface area (Å²) in [6, 6.07) is 16.2. The first-order chi connectivity index (χ1) is 14.4. The van der Waals surface area contributed by atoms with E-state index in [1.54, 1.807) is 12.1 Å². The van der Waals surface area contributed by atoms with Gasteiger partial charge < -0.3 is 26.2 Å². The van der Waals surface area contributed by atoms with E-state index in [-0.39, 0.29) is 13.0 Å². The molecule has 0 spiro atoms. The SMILES string of the molecule is C[C@@H](O)[C@H](NC(=O)OCc1ccccc1)C(=O)N[C@H](CCc1ccccc1)C(N)=O. The number of hydrogen-bond donors (Lipinski definition) is 4. The summed E-state index contributed by atoms with van der Waals surface area (Å²) in [5.74, 6) is -1.42. The number of rotatable bonds is 10. The molecule has 0 aliphatic heterocycles. The third-order valence-electron chi connectivity index (χ3n) is 4.48. The molecule has 0 fully saturated rings. The molecule has 3 atom stereocenters. The number of amides is 3. The van der Waals surface area contributed by atoms with Gasteiger partial charge in [-0.05, 0) is 30.9 Å². The van der Waals surface area contributed by atoms with E-state index in [0.717, 1.165) is 11.1 Å². The number of hydrogen-bond acceptors (Lipinski definition) is 5. The first kappa shape index (κ1) is 22.9. The molecular weight excluding hydrogens is 386 g/mol. The molecule has 160 valence electrons. The molecule has 0 radical (unpaired) electrons. The Morgan fingerprint density at radius 3 is 2.07 bits per heavy atom. The molecule has 0 aromatic heterocycles. The third-order valence-corrected chi connectivity index (χ3v) is 4.48. The number of carbonyl (C=O) groups excluding carboxylic acids is 3. The molecule has 30 heavy (non-hydrogen) atoms. The van der Waals surface area contributed by atoms with Crippen LogP contribution in [0.25, 0.3) is 0 Å². The summed E-state index contributed by atoms with van der Waals surface area (Å²) in [4.78, 5) is 36.4. The molecule has 0 unspecified atom stereocenters. The van der Waals surface area contributed by atoms with Crippen molar-refractivity contribution in [1.82, 2.24) is 10.6 Å². The van der Waals surface area contributed by atoms with Gasteiger partial charge in [-0.3, -0.25) is 9.59 Å². The van der Waals surface area contributed by atoms with E-state index in [4.69, 9.17) is 10.5 Å². The Labute approximate surface area is 175 Å². The van der Waals surface area contributed by atoms with Crippen molar-refractivity contribution in [2.45, 2.75) is 44.6 Å². The molecule has 2 aromatic rings. The van der Waals surface area contributed by atoms with Crippen LogP contribution in [-0.2, 0) is 27.4 Å². The number of benzene rings is 2. The van der Waals surface area contributed by atoms with Crippen LogP contribution in [0.2, 0.25) is 0 Å². The number of carbonyl (C=O) groups is 3. The average Bonchev–Trinajstić information content (AvgIpc) is 2.74. The van der Waals surface area contributed by atoms with Crippen molar-refractivity contribution in [3.63, 3.8) is 0 Å². The molecule has 0 aliphatic rings. The predicted molar refractivity (Wildman–Crippen MR) is 111 cm³/mol. The molecule has 0 aliphatic carbocycles. The van der Waals surface area contributed by atoms with Crippen molar-refractivity contribution >= 4 is 17.9 Å². The zero-order chi connectivity index (χ0) is 21.9. The lowest BCUT2D eigenvalue weighted by Gasteiger charge is -2.23. The fourth-order valence-electron chi connectivity index (χ4n) is 2.80. The van der Waals surface area contributed by atoms with Gasteiger partial charge in [0.1, 0.15) is 18.7 Å². The van der Waals surface area contributed by atoms with Crippen molar-refractivity contribution in [2.24, 2.45) is 5.73 Å². The number of aliphatic hydroxyl groups is 1. The number of nitrogens with one attached hydrogen (secondary N) is 2. The second-order valence-corrected chi connectivity index (χ2v) is 6.91. The summed E-state index contributed by atoms with van der Waals surface area (Å²) in [5, 5.41) is 14.8. The van der Waals surface area contributed by atoms with Crippen LogP contribution in [-0.4, -0.2) is 41.2 Å². The lowest BCUT2D eigenvalue weighted by atomic mass is 10.0. The van der Waals surface area contributed by atoms with Gasteiger partial charge in [0.15, 0.2) is 0 Å². The van der Waals surface area contributed by atoms with Crippen LogP contribution in [0.3, 0.4) is 0 Å². The summed E-state index contributed by atoms with van der Waals surface area (Å²) >= 11 is 0. The Hall–Kier alpha value is -3.39. The van der Waals surface area contributed by atoms with E-state index in [1.165, 1.54) is 6.92 Å². The first-order valence-corrected chi connectivity index (χ1v) is 9.65. The molecule has 8 nitrogen and oxygen atoms in total. The molecule has 0 saturated carbocycles. The van der Waals surface area contributed by atoms with Gasteiger partial charge in [0, 0.05) is 0 Å². The maximum atomic E-state index is 12.6. The second-order valence-electron chi connectivity index (χ2n) is 6.91. The number of primary amides is 1. The highest BCUT2D eigenvalue weighted by molar-refractivity contribution is 5.91. The zero-order valence-electron chi connectivity index (χ0n) is 16.8. The highest BCUT2D eigenvalue weighted by atomic mass is 16.5. The third kappa shape index (κ3) is 7.56. The molecule has 2 aromatic carbocycles. The lowest BCUT2D eigenvalue weighted by molar-refractivity contribution is -0.130. The van der Waals surface area contributed by atoms with Crippen LogP contribution in [0.15, 0.2) is 60.7 Å². The van der Waals surface area contributed by atoms with Gasteiger partial charge in [-0.2, -0.15) is 0 Å². The minimum absolute atomic E-state index is 0.0157. The summed E-state index contributed by atoms with van der Waals surface area (Å²) in [7, 11) is 0. The van der Waals surface area contributed by atoms with Gasteiger partial charge in [0.05, 0.1) is 6.10 Å². The van der Waals surface area contributed by atoms with Crippen LogP contribution in [0.1, 0.15) is 24.5 Å². The quantitative estimate of drug-likeness (QED) is 0.466. The van der Waals surface area contributed by atoms with E-state index in [0.29, 0.717) is 6.42 Å². The average molecular weight is 413 g/mol. The fraction of sp³-hybridized carbons (Fsp3) is 0.318. The minimum atomic E-state index is -1.30. The number of aliphatic hydroxyl groups excluding tert-OH is 1. The molecule has 0 heterocycles. The molecule has 2 rings (SSSR count). The van der Waals surface area contributed by atoms with E-state index in [1.807, 2.05) is 48.5 Å². The number of nitrogens with two attached hydrogens (primary N) is 1. The van der Waals surface area contributed by atoms with Gasteiger partial charge in [-0.15, -0.1) is 0 Å². The molecule has 0 saturated heterocycles. The number of ether oxygens (including phenoxy) is 1. The Kier molecular flexibility index (Phi) is 8.83. The van der Waals surface area contributed by atoms with Crippen LogP contribution in [0, 0.1) is 0 Å². The Bertz CT molecular complexity index is 827. The van der Waals surface area contributed by atoms with Crippen LogP contribution >= 0.6 is 0 Å². The first-order valence-electron chi connectivity index (χ1n) is 9.65. The van der Waals surface area contributed by atoms with E-state index >= 15 is 0 Å². The largest absolute Gasteiger partial charge is 0.445 e. The maximum Gasteiger partial charge on any atom is 0.408 e. The van der Waals surface area contributed by atoms with Crippen LogP contribution in [0.5, 0.6) is 0 Å². The summed E-state index contributed by atoms with van der Waals surface area (Å²) < 4.78 is 5.08. The standard InChI is InChI=1S/C22H27N3O5/c1-15(26)19(25-22(29)30-14-17-10-6-3-7-11-17)21(28)24-18(20(23)27)13-12-16-8-4-2-5-9-16/h2-11,15,18-19,26H,12-14H2,1H3,(H2,23,27)(H,24,28)(H,25,29)/t15-,18-,19+/m1/s1. The topological polar surface area (TPSA) is 131 Å². The monoisotopic (exact) mass is 413 g/mol. The highest BCUT2D eigenvalue weighted by Gasteiger charge is 2.29. The second kappa shape index (κ2) is 11.6. The minimum Gasteiger partial charge on any atom is -0.445 e. The van der Waals surface area contributed by atoms with Crippen molar-refractivity contribution < 1.29 is 24.2 Å². The number of aryl methyl sites for hydroxylation is 1. The normalized spacial score (nSPS) is 13.5. The molecule has 8 heteroatoms. The lowest BCUT2D eigenvalue weighted by Crippen LogP contribution is -2.56. The molecule has 3 amide bonds.